The summed E-state index contributed by atoms with van der Waals surface area (Å²) in [6.07, 6.45) is 44.1. The van der Waals surface area contributed by atoms with Gasteiger partial charge < -0.3 is 0 Å². The van der Waals surface area contributed by atoms with E-state index in [1.54, 1.807) is 6.92 Å². The van der Waals surface area contributed by atoms with Crippen LogP contribution in [-0.4, -0.2) is 11.6 Å². The first kappa shape index (κ1) is 49.5. The molecule has 55 heavy (non-hydrogen) atoms. The molecule has 0 unspecified atom stereocenters. The van der Waals surface area contributed by atoms with Crippen molar-refractivity contribution >= 4 is 11.6 Å². The average molecular weight is 749 g/mol. The Bertz CT molecular complexity index is 1560. The molecule has 1 aliphatic rings. The lowest BCUT2D eigenvalue weighted by Crippen LogP contribution is -2.12. The van der Waals surface area contributed by atoms with Crippen LogP contribution in [0.15, 0.2) is 128 Å². The Morgan fingerprint density at radius 1 is 0.382 bits per heavy atom. The van der Waals surface area contributed by atoms with Crippen molar-refractivity contribution in [1.82, 2.24) is 0 Å². The van der Waals surface area contributed by atoms with E-state index < -0.39 is 0 Å². The maximum Gasteiger partial charge on any atom is 0.184 e. The highest BCUT2D eigenvalue weighted by Gasteiger charge is 2.17. The molecule has 0 fully saturated rings. The third-order valence-corrected chi connectivity index (χ3v) is 10.5. The summed E-state index contributed by atoms with van der Waals surface area (Å²) >= 11 is 0. The molecule has 0 spiro atoms. The van der Waals surface area contributed by atoms with Crippen LogP contribution in [0.1, 0.15) is 192 Å². The highest BCUT2D eigenvalue weighted by atomic mass is 16.1. The first-order chi connectivity index (χ1) is 26.2. The van der Waals surface area contributed by atoms with Gasteiger partial charge in [-0.2, -0.15) is 0 Å². The molecule has 0 bridgehead atoms. The number of carbonyl (C=O) groups excluding carboxylic acids is 2. The van der Waals surface area contributed by atoms with Gasteiger partial charge in [0.05, 0.1) is 0 Å². The van der Waals surface area contributed by atoms with Crippen LogP contribution in [0.4, 0.5) is 0 Å². The van der Waals surface area contributed by atoms with E-state index >= 15 is 0 Å². The van der Waals surface area contributed by atoms with Crippen molar-refractivity contribution in [2.75, 3.05) is 0 Å². The fraction of sp³-hybridized carbons (Fsp3) is 0.547. The molecular weight excluding hydrogens is 669 g/mol. The minimum Gasteiger partial charge on any atom is -0.290 e. The van der Waals surface area contributed by atoms with E-state index in [4.69, 9.17) is 0 Å². The van der Waals surface area contributed by atoms with Crippen molar-refractivity contribution in [3.63, 3.8) is 0 Å². The molecule has 2 nitrogen and oxygen atoms in total. The smallest absolute Gasteiger partial charge is 0.184 e. The molecule has 0 aromatic rings. The van der Waals surface area contributed by atoms with Crippen molar-refractivity contribution in [3.8, 4) is 0 Å². The maximum absolute atomic E-state index is 12.2. The predicted molar refractivity (Wildman–Crippen MR) is 244 cm³/mol. The van der Waals surface area contributed by atoms with Crippen LogP contribution in [-0.2, 0) is 9.59 Å². The highest BCUT2D eigenvalue weighted by molar-refractivity contribution is 6.19. The predicted octanol–water partition coefficient (Wildman–Crippen LogP) is 16.6. The SMILES string of the molecule is CC(C)=CCC/C(C)=C/CC/C(C)=C/CC/C(C)=C/CC/C(C)=C/CC/C(C)=C/CC/C(C)=C/CC/C(C)=C/CC/C(C)=C/CCC1=CC(=O)C=C(C)C1=O. The normalized spacial score (nSPS) is 15.8. The Morgan fingerprint density at radius 3 is 0.909 bits per heavy atom. The van der Waals surface area contributed by atoms with Crippen molar-refractivity contribution in [2.24, 2.45) is 0 Å². The molecule has 304 valence electrons. The summed E-state index contributed by atoms with van der Waals surface area (Å²) in [6.45, 7) is 24.2. The second-order valence-corrected chi connectivity index (χ2v) is 16.8. The third kappa shape index (κ3) is 26.8. The van der Waals surface area contributed by atoms with Gasteiger partial charge in [-0.15, -0.1) is 0 Å². The third-order valence-electron chi connectivity index (χ3n) is 10.5. The van der Waals surface area contributed by atoms with Crippen LogP contribution >= 0.6 is 0 Å². The van der Waals surface area contributed by atoms with Gasteiger partial charge in [-0.25, -0.2) is 0 Å². The first-order valence-electron chi connectivity index (χ1n) is 21.5. The Kier molecular flexibility index (Phi) is 26.8. The lowest BCUT2D eigenvalue weighted by molar-refractivity contribution is -0.115. The van der Waals surface area contributed by atoms with E-state index in [-0.39, 0.29) is 11.6 Å². The van der Waals surface area contributed by atoms with Crippen molar-refractivity contribution in [2.45, 2.75) is 192 Å². The first-order valence-corrected chi connectivity index (χ1v) is 21.5. The van der Waals surface area contributed by atoms with Gasteiger partial charge in [-0.1, -0.05) is 105 Å². The van der Waals surface area contributed by atoms with Gasteiger partial charge in [0.1, 0.15) is 0 Å². The van der Waals surface area contributed by atoms with Crippen LogP contribution < -0.4 is 0 Å². The van der Waals surface area contributed by atoms with E-state index in [1.807, 2.05) is 0 Å². The molecule has 0 N–H and O–H groups in total. The second kappa shape index (κ2) is 29.7. The molecule has 0 heterocycles. The number of carbonyl (C=O) groups is 2. The molecule has 0 aliphatic heterocycles. The monoisotopic (exact) mass is 749 g/mol. The molecule has 2 heteroatoms. The number of Topliss-reactive ketones (excluding diaryl/α,β-unsaturated/α-hetero) is 1. The Labute approximate surface area is 339 Å². The van der Waals surface area contributed by atoms with Crippen LogP contribution in [0.2, 0.25) is 0 Å². The van der Waals surface area contributed by atoms with Gasteiger partial charge in [0.15, 0.2) is 11.6 Å². The van der Waals surface area contributed by atoms with Gasteiger partial charge in [0.2, 0.25) is 0 Å². The topological polar surface area (TPSA) is 34.1 Å². The van der Waals surface area contributed by atoms with Crippen LogP contribution in [0.25, 0.3) is 0 Å². The summed E-state index contributed by atoms with van der Waals surface area (Å²) in [5, 5.41) is 0. The van der Waals surface area contributed by atoms with E-state index in [1.165, 1.54) is 81.6 Å². The van der Waals surface area contributed by atoms with Gasteiger partial charge in [-0.3, -0.25) is 9.59 Å². The minimum absolute atomic E-state index is 0.0134. The van der Waals surface area contributed by atoms with Gasteiger partial charge in [-0.05, 0) is 204 Å². The number of ketones is 2. The summed E-state index contributed by atoms with van der Waals surface area (Å²) in [6, 6.07) is 0. The number of rotatable bonds is 27. The molecule has 0 aromatic heterocycles. The number of allylic oxidation sites excluding steroid dienone is 22. The fourth-order valence-corrected chi connectivity index (χ4v) is 6.70. The zero-order valence-corrected chi connectivity index (χ0v) is 37.4. The average Bonchev–Trinajstić information content (AvgIpc) is 3.10. The van der Waals surface area contributed by atoms with Gasteiger partial charge in [0.25, 0.3) is 0 Å². The van der Waals surface area contributed by atoms with E-state index in [0.717, 1.165) is 89.9 Å². The highest BCUT2D eigenvalue weighted by Crippen LogP contribution is 2.20. The minimum atomic E-state index is -0.0691. The van der Waals surface area contributed by atoms with E-state index in [0.29, 0.717) is 17.6 Å². The zero-order valence-electron chi connectivity index (χ0n) is 37.4. The largest absolute Gasteiger partial charge is 0.290 e. The molecular formula is C53H80O2. The summed E-state index contributed by atoms with van der Waals surface area (Å²) in [5.41, 5.74) is 14.5. The van der Waals surface area contributed by atoms with Crippen LogP contribution in [0, 0.1) is 0 Å². The summed E-state index contributed by atoms with van der Waals surface area (Å²) in [4.78, 5) is 24.0. The Balaban J connectivity index is 2.24. The molecule has 0 aromatic carbocycles. The summed E-state index contributed by atoms with van der Waals surface area (Å²) in [5.74, 6) is -0.0557. The molecule has 0 atom stereocenters. The van der Waals surface area contributed by atoms with Crippen molar-refractivity contribution in [3.05, 3.63) is 128 Å². The van der Waals surface area contributed by atoms with Crippen molar-refractivity contribution < 1.29 is 9.59 Å². The molecule has 0 amide bonds. The Hall–Kier alpha value is -3.52. The quantitative estimate of drug-likeness (QED) is 0.0619. The molecule has 0 saturated carbocycles. The fourth-order valence-electron chi connectivity index (χ4n) is 6.70. The lowest BCUT2D eigenvalue weighted by Gasteiger charge is -2.09. The van der Waals surface area contributed by atoms with E-state index in [9.17, 15) is 9.59 Å². The maximum atomic E-state index is 12.2. The second-order valence-electron chi connectivity index (χ2n) is 16.8. The van der Waals surface area contributed by atoms with E-state index in [2.05, 4.69) is 124 Å². The number of hydrogen-bond acceptors (Lipinski definition) is 2. The molecule has 1 rings (SSSR count). The Morgan fingerprint density at radius 2 is 0.636 bits per heavy atom. The zero-order chi connectivity index (χ0) is 41.0. The number of hydrogen-bond donors (Lipinski definition) is 0. The summed E-state index contributed by atoms with van der Waals surface area (Å²) in [7, 11) is 0. The van der Waals surface area contributed by atoms with Crippen molar-refractivity contribution in [1.29, 1.82) is 0 Å². The summed E-state index contributed by atoms with van der Waals surface area (Å²) < 4.78 is 0. The van der Waals surface area contributed by atoms with Gasteiger partial charge in [0, 0.05) is 11.1 Å². The van der Waals surface area contributed by atoms with Gasteiger partial charge >= 0.3 is 0 Å². The molecule has 1 aliphatic carbocycles. The van der Waals surface area contributed by atoms with Crippen LogP contribution in [0.5, 0.6) is 0 Å². The molecule has 0 saturated heterocycles. The standard InChI is InChI=1S/C53H80O2/c1-41(2)21-12-22-42(3)23-13-24-43(4)25-14-26-44(5)27-15-28-45(6)29-16-30-46(7)31-17-32-47(8)33-18-34-48(9)35-19-36-49(10)37-20-38-51-40-52(54)39-50(11)53(51)55/h21,23,25,27,29,31,33,35,37,39-40H,12-20,22,24,26,28,30,32,34,36,38H2,1-11H3/b42-23+,43-25+,44-27+,45-29+,46-31+,47-33+,48-35+,49-37+. The van der Waals surface area contributed by atoms with Crippen LogP contribution in [0.3, 0.4) is 0 Å². The lowest BCUT2D eigenvalue weighted by atomic mass is 9.93. The molecule has 0 radical (unpaired) electrons.